The molecule has 86 valence electrons. The molecule has 0 spiro atoms. The molecule has 0 fully saturated rings. The number of rotatable bonds is 5. The Morgan fingerprint density at radius 3 is 2.88 bits per heavy atom. The van der Waals surface area contributed by atoms with Crippen molar-refractivity contribution in [1.29, 1.82) is 5.26 Å². The Balaban J connectivity index is 1.80. The zero-order valence-corrected chi connectivity index (χ0v) is 9.22. The third-order valence-electron chi connectivity index (χ3n) is 2.24. The van der Waals surface area contributed by atoms with Crippen molar-refractivity contribution in [2.24, 2.45) is 0 Å². The molecule has 0 aliphatic heterocycles. The lowest BCUT2D eigenvalue weighted by Gasteiger charge is -2.04. The van der Waals surface area contributed by atoms with E-state index in [-0.39, 0.29) is 0 Å². The molecular formula is C11H12N6. The van der Waals surface area contributed by atoms with Crippen molar-refractivity contribution in [3.8, 4) is 6.07 Å². The molecule has 2 aromatic rings. The Kier molecular flexibility index (Phi) is 3.65. The van der Waals surface area contributed by atoms with Crippen LogP contribution in [-0.2, 0) is 6.42 Å². The number of imidazole rings is 1. The van der Waals surface area contributed by atoms with Gasteiger partial charge >= 0.3 is 0 Å². The van der Waals surface area contributed by atoms with Crippen molar-refractivity contribution in [1.82, 2.24) is 19.9 Å². The van der Waals surface area contributed by atoms with Crippen LogP contribution in [0.5, 0.6) is 0 Å². The van der Waals surface area contributed by atoms with Gasteiger partial charge in [-0.25, -0.2) is 15.0 Å². The summed E-state index contributed by atoms with van der Waals surface area (Å²) in [6, 6.07) is 2.00. The summed E-state index contributed by atoms with van der Waals surface area (Å²) < 4.78 is 0. The highest BCUT2D eigenvalue weighted by Gasteiger charge is 2.02. The molecule has 0 aliphatic rings. The molecule has 0 saturated heterocycles. The molecule has 0 aromatic carbocycles. The van der Waals surface area contributed by atoms with Gasteiger partial charge in [0.05, 0.1) is 0 Å². The maximum Gasteiger partial charge on any atom is 0.182 e. The Labute approximate surface area is 98.8 Å². The number of aromatic amines is 1. The van der Waals surface area contributed by atoms with Gasteiger partial charge in [0.15, 0.2) is 11.5 Å². The third kappa shape index (κ3) is 3.01. The smallest absolute Gasteiger partial charge is 0.182 e. The molecule has 2 N–H and O–H groups in total. The second-order valence-electron chi connectivity index (χ2n) is 3.43. The highest BCUT2D eigenvalue weighted by Crippen LogP contribution is 2.06. The lowest BCUT2D eigenvalue weighted by atomic mass is 10.3. The molecule has 0 unspecified atom stereocenters. The van der Waals surface area contributed by atoms with E-state index < -0.39 is 0 Å². The molecule has 6 heteroatoms. The number of nitriles is 1. The summed E-state index contributed by atoms with van der Waals surface area (Å²) in [5.41, 5.74) is 0.325. The van der Waals surface area contributed by atoms with Crippen LogP contribution < -0.4 is 5.32 Å². The van der Waals surface area contributed by atoms with Crippen LogP contribution in [0, 0.1) is 11.3 Å². The Bertz CT molecular complexity index is 499. The first kappa shape index (κ1) is 11.1. The van der Waals surface area contributed by atoms with Gasteiger partial charge in [-0.3, -0.25) is 0 Å². The molecule has 0 amide bonds. The summed E-state index contributed by atoms with van der Waals surface area (Å²) in [5, 5.41) is 11.9. The lowest BCUT2D eigenvalue weighted by molar-refractivity contribution is 0.813. The summed E-state index contributed by atoms with van der Waals surface area (Å²) >= 11 is 0. The Hall–Kier alpha value is -2.42. The summed E-state index contributed by atoms with van der Waals surface area (Å²) in [6.45, 7) is 0.730. The van der Waals surface area contributed by atoms with E-state index in [1.165, 1.54) is 6.20 Å². The standard InChI is InChI=1S/C11H12N6/c12-8-9-11(17-7-4-13-9)16-3-1-2-10-14-5-6-15-10/h4-7H,1-3H2,(H,14,15)(H,16,17). The number of hydrogen-bond acceptors (Lipinski definition) is 5. The zero-order valence-electron chi connectivity index (χ0n) is 9.22. The van der Waals surface area contributed by atoms with E-state index in [1.807, 2.05) is 6.07 Å². The van der Waals surface area contributed by atoms with Crippen molar-refractivity contribution in [3.05, 3.63) is 36.3 Å². The molecule has 0 bridgehead atoms. The fourth-order valence-corrected chi connectivity index (χ4v) is 1.45. The number of nitrogens with zero attached hydrogens (tertiary/aromatic N) is 4. The van der Waals surface area contributed by atoms with Crippen LogP contribution in [0.15, 0.2) is 24.8 Å². The van der Waals surface area contributed by atoms with E-state index in [9.17, 15) is 0 Å². The Morgan fingerprint density at radius 1 is 1.24 bits per heavy atom. The highest BCUT2D eigenvalue weighted by atomic mass is 15.0. The number of hydrogen-bond donors (Lipinski definition) is 2. The van der Waals surface area contributed by atoms with E-state index in [0.717, 1.165) is 25.2 Å². The van der Waals surface area contributed by atoms with Crippen molar-refractivity contribution in [2.45, 2.75) is 12.8 Å². The number of nitrogens with one attached hydrogen (secondary N) is 2. The first-order chi connectivity index (χ1) is 8.40. The van der Waals surface area contributed by atoms with Crippen LogP contribution in [0.1, 0.15) is 17.9 Å². The van der Waals surface area contributed by atoms with Gasteiger partial charge in [-0.15, -0.1) is 0 Å². The van der Waals surface area contributed by atoms with Crippen LogP contribution in [0.2, 0.25) is 0 Å². The van der Waals surface area contributed by atoms with Crippen molar-refractivity contribution in [2.75, 3.05) is 11.9 Å². The number of aromatic nitrogens is 4. The van der Waals surface area contributed by atoms with E-state index in [1.54, 1.807) is 18.6 Å². The predicted octanol–water partition coefficient (Wildman–Crippen LogP) is 1.12. The first-order valence-electron chi connectivity index (χ1n) is 5.33. The van der Waals surface area contributed by atoms with Crippen molar-refractivity contribution >= 4 is 5.82 Å². The fourth-order valence-electron chi connectivity index (χ4n) is 1.45. The second-order valence-corrected chi connectivity index (χ2v) is 3.43. The second kappa shape index (κ2) is 5.61. The first-order valence-corrected chi connectivity index (χ1v) is 5.33. The SMILES string of the molecule is N#Cc1nccnc1NCCCc1ncc[nH]1. The molecule has 2 rings (SSSR count). The molecule has 2 heterocycles. The van der Waals surface area contributed by atoms with E-state index >= 15 is 0 Å². The Morgan fingerprint density at radius 2 is 2.12 bits per heavy atom. The molecule has 17 heavy (non-hydrogen) atoms. The zero-order chi connectivity index (χ0) is 11.9. The lowest BCUT2D eigenvalue weighted by Crippen LogP contribution is -2.07. The highest BCUT2D eigenvalue weighted by molar-refractivity contribution is 5.46. The van der Waals surface area contributed by atoms with Gasteiger partial charge in [0.25, 0.3) is 0 Å². The largest absolute Gasteiger partial charge is 0.368 e. The normalized spacial score (nSPS) is 9.82. The molecule has 0 aliphatic carbocycles. The van der Waals surface area contributed by atoms with Gasteiger partial charge in [-0.1, -0.05) is 0 Å². The van der Waals surface area contributed by atoms with Gasteiger partial charge in [-0.2, -0.15) is 5.26 Å². The number of aryl methyl sites for hydroxylation is 1. The van der Waals surface area contributed by atoms with E-state index in [4.69, 9.17) is 5.26 Å². The van der Waals surface area contributed by atoms with Crippen LogP contribution in [0.25, 0.3) is 0 Å². The van der Waals surface area contributed by atoms with E-state index in [0.29, 0.717) is 11.5 Å². The number of H-pyrrole nitrogens is 1. The summed E-state index contributed by atoms with van der Waals surface area (Å²) in [5.74, 6) is 1.50. The van der Waals surface area contributed by atoms with Gasteiger partial charge in [0.1, 0.15) is 11.9 Å². The molecular weight excluding hydrogens is 216 g/mol. The minimum absolute atomic E-state index is 0.325. The van der Waals surface area contributed by atoms with Crippen molar-refractivity contribution < 1.29 is 0 Å². The summed E-state index contributed by atoms with van der Waals surface area (Å²) in [6.07, 6.45) is 8.39. The van der Waals surface area contributed by atoms with Crippen LogP contribution >= 0.6 is 0 Å². The van der Waals surface area contributed by atoms with Crippen molar-refractivity contribution in [3.63, 3.8) is 0 Å². The number of anilines is 1. The molecule has 6 nitrogen and oxygen atoms in total. The molecule has 0 saturated carbocycles. The van der Waals surface area contributed by atoms with Gasteiger partial charge in [0, 0.05) is 37.8 Å². The minimum atomic E-state index is 0.325. The summed E-state index contributed by atoms with van der Waals surface area (Å²) in [7, 11) is 0. The van der Waals surface area contributed by atoms with Gasteiger partial charge in [0.2, 0.25) is 0 Å². The van der Waals surface area contributed by atoms with E-state index in [2.05, 4.69) is 25.3 Å². The average molecular weight is 228 g/mol. The van der Waals surface area contributed by atoms with Crippen LogP contribution in [-0.4, -0.2) is 26.5 Å². The van der Waals surface area contributed by atoms with Gasteiger partial charge < -0.3 is 10.3 Å². The monoisotopic (exact) mass is 228 g/mol. The summed E-state index contributed by atoms with van der Waals surface area (Å²) in [4.78, 5) is 15.2. The maximum atomic E-state index is 8.82. The molecule has 0 radical (unpaired) electrons. The third-order valence-corrected chi connectivity index (χ3v) is 2.24. The molecule has 2 aromatic heterocycles. The van der Waals surface area contributed by atoms with Crippen LogP contribution in [0.3, 0.4) is 0 Å². The minimum Gasteiger partial charge on any atom is -0.368 e. The molecule has 0 atom stereocenters. The van der Waals surface area contributed by atoms with Gasteiger partial charge in [-0.05, 0) is 6.42 Å². The topological polar surface area (TPSA) is 90.3 Å². The predicted molar refractivity (Wildman–Crippen MR) is 62.1 cm³/mol. The average Bonchev–Trinajstić information content (AvgIpc) is 2.88. The van der Waals surface area contributed by atoms with Crippen LogP contribution in [0.4, 0.5) is 5.82 Å². The maximum absolute atomic E-state index is 8.82. The fraction of sp³-hybridized carbons (Fsp3) is 0.273. The quantitative estimate of drug-likeness (QED) is 0.748.